The van der Waals surface area contributed by atoms with Crippen molar-refractivity contribution in [2.75, 3.05) is 4.72 Å². The SMILES string of the molecule is Cc1cnn(Cc2ccc(NS(=O)(=O)c3cc(C(=O)O)cc(C)c3C)cc2)c1. The van der Waals surface area contributed by atoms with Gasteiger partial charge in [-0.05, 0) is 67.3 Å². The molecule has 0 saturated carbocycles. The predicted octanol–water partition coefficient (Wildman–Crippen LogP) is 3.36. The van der Waals surface area contributed by atoms with Crippen LogP contribution in [0, 0.1) is 20.8 Å². The van der Waals surface area contributed by atoms with E-state index in [1.54, 1.807) is 36.9 Å². The Morgan fingerprint density at radius 3 is 2.39 bits per heavy atom. The van der Waals surface area contributed by atoms with Gasteiger partial charge in [0, 0.05) is 11.9 Å². The number of nitrogens with one attached hydrogen (secondary N) is 1. The second kappa shape index (κ2) is 7.47. The minimum atomic E-state index is -3.92. The van der Waals surface area contributed by atoms with Crippen LogP contribution in [0.3, 0.4) is 0 Å². The van der Waals surface area contributed by atoms with Crippen LogP contribution in [0.5, 0.6) is 0 Å². The van der Waals surface area contributed by atoms with E-state index in [-0.39, 0.29) is 10.5 Å². The monoisotopic (exact) mass is 399 g/mol. The molecule has 0 radical (unpaired) electrons. The lowest BCUT2D eigenvalue weighted by Gasteiger charge is -2.13. The summed E-state index contributed by atoms with van der Waals surface area (Å²) in [4.78, 5) is 11.2. The fourth-order valence-corrected chi connectivity index (χ4v) is 4.26. The van der Waals surface area contributed by atoms with Crippen LogP contribution in [0.1, 0.15) is 32.6 Å². The number of aryl methyl sites for hydroxylation is 2. The molecule has 3 aromatic rings. The predicted molar refractivity (Wildman–Crippen MR) is 106 cm³/mol. The molecule has 0 unspecified atom stereocenters. The number of benzene rings is 2. The number of aromatic carboxylic acids is 1. The zero-order valence-corrected chi connectivity index (χ0v) is 16.6. The zero-order valence-electron chi connectivity index (χ0n) is 15.8. The number of aromatic nitrogens is 2. The summed E-state index contributed by atoms with van der Waals surface area (Å²) in [5, 5.41) is 13.4. The molecule has 1 aromatic heterocycles. The largest absolute Gasteiger partial charge is 0.478 e. The van der Waals surface area contributed by atoms with Crippen molar-refractivity contribution in [2.45, 2.75) is 32.2 Å². The van der Waals surface area contributed by atoms with Gasteiger partial charge in [-0.1, -0.05) is 12.1 Å². The van der Waals surface area contributed by atoms with Gasteiger partial charge < -0.3 is 5.11 Å². The molecule has 0 aliphatic carbocycles. The molecule has 0 bridgehead atoms. The van der Waals surface area contributed by atoms with Crippen LogP contribution in [0.2, 0.25) is 0 Å². The lowest BCUT2D eigenvalue weighted by atomic mass is 10.1. The molecule has 0 saturated heterocycles. The molecule has 8 heteroatoms. The van der Waals surface area contributed by atoms with Crippen LogP contribution in [0.4, 0.5) is 5.69 Å². The Morgan fingerprint density at radius 2 is 1.82 bits per heavy atom. The van der Waals surface area contributed by atoms with Gasteiger partial charge in [-0.25, -0.2) is 13.2 Å². The van der Waals surface area contributed by atoms with Crippen LogP contribution in [-0.2, 0) is 16.6 Å². The van der Waals surface area contributed by atoms with Crippen molar-refractivity contribution < 1.29 is 18.3 Å². The van der Waals surface area contributed by atoms with Gasteiger partial charge in [-0.2, -0.15) is 5.10 Å². The number of carboxylic acids is 1. The maximum Gasteiger partial charge on any atom is 0.335 e. The van der Waals surface area contributed by atoms with E-state index in [1.807, 2.05) is 25.3 Å². The van der Waals surface area contributed by atoms with Crippen LogP contribution in [0.15, 0.2) is 53.7 Å². The van der Waals surface area contributed by atoms with Crippen molar-refractivity contribution in [1.29, 1.82) is 0 Å². The van der Waals surface area contributed by atoms with E-state index < -0.39 is 16.0 Å². The molecule has 2 aromatic carbocycles. The first kappa shape index (κ1) is 19.6. The summed E-state index contributed by atoms with van der Waals surface area (Å²) < 4.78 is 29.9. The molecule has 7 nitrogen and oxygen atoms in total. The highest BCUT2D eigenvalue weighted by Crippen LogP contribution is 2.24. The van der Waals surface area contributed by atoms with Gasteiger partial charge in [0.2, 0.25) is 0 Å². The highest BCUT2D eigenvalue weighted by atomic mass is 32.2. The molecule has 0 atom stereocenters. The average molecular weight is 399 g/mol. The quantitative estimate of drug-likeness (QED) is 0.662. The molecule has 0 amide bonds. The molecule has 0 aliphatic heterocycles. The van der Waals surface area contributed by atoms with Crippen LogP contribution in [0.25, 0.3) is 0 Å². The van der Waals surface area contributed by atoms with Gasteiger partial charge >= 0.3 is 5.97 Å². The van der Waals surface area contributed by atoms with Crippen LogP contribution in [-0.4, -0.2) is 29.3 Å². The number of sulfonamides is 1. The summed E-state index contributed by atoms with van der Waals surface area (Å²) in [5.74, 6) is -1.17. The average Bonchev–Trinajstić information content (AvgIpc) is 3.03. The zero-order chi connectivity index (χ0) is 20.5. The summed E-state index contributed by atoms with van der Waals surface area (Å²) >= 11 is 0. The third-order valence-electron chi connectivity index (χ3n) is 4.47. The van der Waals surface area contributed by atoms with Gasteiger partial charge in [0.05, 0.1) is 23.2 Å². The summed E-state index contributed by atoms with van der Waals surface area (Å²) in [7, 11) is -3.92. The fraction of sp³-hybridized carbons (Fsp3) is 0.200. The van der Waals surface area contributed by atoms with E-state index >= 15 is 0 Å². The normalized spacial score (nSPS) is 11.4. The van der Waals surface area contributed by atoms with Crippen molar-refractivity contribution in [2.24, 2.45) is 0 Å². The van der Waals surface area contributed by atoms with Gasteiger partial charge in [0.25, 0.3) is 10.0 Å². The Balaban J connectivity index is 1.83. The maximum absolute atomic E-state index is 12.8. The van der Waals surface area contributed by atoms with E-state index in [0.717, 1.165) is 11.1 Å². The molecular formula is C20H21N3O4S. The molecule has 0 fully saturated rings. The van der Waals surface area contributed by atoms with Gasteiger partial charge in [0.1, 0.15) is 0 Å². The van der Waals surface area contributed by atoms with E-state index in [4.69, 9.17) is 0 Å². The van der Waals surface area contributed by atoms with Crippen molar-refractivity contribution in [3.8, 4) is 0 Å². The summed E-state index contributed by atoms with van der Waals surface area (Å²) in [6.45, 7) is 5.89. The number of hydrogen-bond acceptors (Lipinski definition) is 4. The third kappa shape index (κ3) is 4.23. The first-order chi connectivity index (χ1) is 13.2. The van der Waals surface area contributed by atoms with Crippen molar-refractivity contribution in [3.63, 3.8) is 0 Å². The lowest BCUT2D eigenvalue weighted by Crippen LogP contribution is -2.16. The Morgan fingerprint density at radius 1 is 1.14 bits per heavy atom. The van der Waals surface area contributed by atoms with Gasteiger partial charge in [-0.15, -0.1) is 0 Å². The molecule has 3 rings (SSSR count). The Bertz CT molecular complexity index is 1130. The molecule has 0 spiro atoms. The maximum atomic E-state index is 12.8. The van der Waals surface area contributed by atoms with Gasteiger partial charge in [0.15, 0.2) is 0 Å². The molecular weight excluding hydrogens is 378 g/mol. The molecule has 2 N–H and O–H groups in total. The lowest BCUT2D eigenvalue weighted by molar-refractivity contribution is 0.0696. The number of carboxylic acid groups (broad SMARTS) is 1. The Labute approximate surface area is 163 Å². The molecule has 146 valence electrons. The topological polar surface area (TPSA) is 101 Å². The van der Waals surface area contributed by atoms with Gasteiger partial charge in [-0.3, -0.25) is 9.40 Å². The first-order valence-electron chi connectivity index (χ1n) is 8.61. The number of rotatable bonds is 6. The Kier molecular flexibility index (Phi) is 5.24. The van der Waals surface area contributed by atoms with Crippen molar-refractivity contribution in [1.82, 2.24) is 9.78 Å². The minimum absolute atomic E-state index is 0.0407. The smallest absolute Gasteiger partial charge is 0.335 e. The highest BCUT2D eigenvalue weighted by molar-refractivity contribution is 7.92. The van der Waals surface area contributed by atoms with E-state index in [9.17, 15) is 18.3 Å². The minimum Gasteiger partial charge on any atom is -0.478 e. The van der Waals surface area contributed by atoms with E-state index in [0.29, 0.717) is 23.4 Å². The number of hydrogen-bond donors (Lipinski definition) is 2. The van der Waals surface area contributed by atoms with Crippen LogP contribution < -0.4 is 4.72 Å². The number of anilines is 1. The molecule has 28 heavy (non-hydrogen) atoms. The van der Waals surface area contributed by atoms with E-state index in [1.165, 1.54) is 12.1 Å². The second-order valence-electron chi connectivity index (χ2n) is 6.74. The number of carbonyl (C=O) groups is 1. The molecule has 0 aliphatic rings. The second-order valence-corrected chi connectivity index (χ2v) is 8.39. The molecule has 1 heterocycles. The summed E-state index contributed by atoms with van der Waals surface area (Å²) in [6, 6.07) is 9.63. The fourth-order valence-electron chi connectivity index (χ4n) is 2.86. The van der Waals surface area contributed by atoms with Crippen molar-refractivity contribution in [3.05, 3.63) is 76.6 Å². The van der Waals surface area contributed by atoms with E-state index in [2.05, 4.69) is 9.82 Å². The van der Waals surface area contributed by atoms with Crippen molar-refractivity contribution >= 4 is 21.7 Å². The standard InChI is InChI=1S/C20H21N3O4S/c1-13-10-21-23(11-13)12-16-4-6-18(7-5-16)22-28(26,27)19-9-17(20(24)25)8-14(2)15(19)3/h4-11,22H,12H2,1-3H3,(H,24,25). The number of nitrogens with zero attached hydrogens (tertiary/aromatic N) is 2. The summed E-state index contributed by atoms with van der Waals surface area (Å²) in [6.07, 6.45) is 3.70. The third-order valence-corrected chi connectivity index (χ3v) is 5.98. The summed E-state index contributed by atoms with van der Waals surface area (Å²) in [5.41, 5.74) is 3.50. The first-order valence-corrected chi connectivity index (χ1v) is 10.1. The Hall–Kier alpha value is -3.13. The van der Waals surface area contributed by atoms with Crippen LogP contribution >= 0.6 is 0 Å². The highest BCUT2D eigenvalue weighted by Gasteiger charge is 2.21.